The summed E-state index contributed by atoms with van der Waals surface area (Å²) in [4.78, 5) is 16.2. The van der Waals surface area contributed by atoms with Crippen LogP contribution in [-0.4, -0.2) is 34.3 Å². The van der Waals surface area contributed by atoms with Crippen molar-refractivity contribution in [2.75, 3.05) is 4.72 Å². The molecule has 0 saturated heterocycles. The molecular formula is C28H24N4O6S. The lowest BCUT2D eigenvalue weighted by molar-refractivity contribution is 0.0698. The topological polar surface area (TPSA) is 137 Å². The summed E-state index contributed by atoms with van der Waals surface area (Å²) in [5.74, 6) is -0.0239. The fourth-order valence-corrected chi connectivity index (χ4v) is 4.84. The molecule has 5 aromatic rings. The number of anilines is 1. The Labute approximate surface area is 224 Å². The number of sulfonamides is 1. The van der Waals surface area contributed by atoms with Crippen LogP contribution in [-0.2, 0) is 23.2 Å². The molecule has 198 valence electrons. The molecule has 0 saturated carbocycles. The molecular weight excluding hydrogens is 520 g/mol. The molecule has 3 aromatic carbocycles. The third-order valence-electron chi connectivity index (χ3n) is 5.83. The molecule has 0 aliphatic rings. The Morgan fingerprint density at radius 1 is 1.00 bits per heavy atom. The fourth-order valence-electron chi connectivity index (χ4n) is 3.82. The number of carbonyl (C=O) groups is 1. The Morgan fingerprint density at radius 3 is 2.33 bits per heavy atom. The molecule has 0 aliphatic heterocycles. The van der Waals surface area contributed by atoms with E-state index >= 15 is 0 Å². The molecule has 0 spiro atoms. The highest BCUT2D eigenvalue weighted by molar-refractivity contribution is 7.92. The molecule has 2 N–H and O–H groups in total. The highest BCUT2D eigenvalue weighted by Gasteiger charge is 2.22. The number of aromatic nitrogens is 3. The third-order valence-corrected chi connectivity index (χ3v) is 7.19. The van der Waals surface area contributed by atoms with Crippen molar-refractivity contribution in [3.8, 4) is 17.2 Å². The highest BCUT2D eigenvalue weighted by atomic mass is 32.2. The maximum absolute atomic E-state index is 13.0. The van der Waals surface area contributed by atoms with Gasteiger partial charge in [-0.2, -0.15) is 5.10 Å². The number of carboxylic acid groups (broad SMARTS) is 1. The summed E-state index contributed by atoms with van der Waals surface area (Å²) in [7, 11) is -4.12. The van der Waals surface area contributed by atoms with E-state index in [2.05, 4.69) is 14.8 Å². The van der Waals surface area contributed by atoms with Crippen LogP contribution in [0.15, 0.2) is 100 Å². The first-order valence-corrected chi connectivity index (χ1v) is 13.4. The van der Waals surface area contributed by atoms with Crippen LogP contribution >= 0.6 is 0 Å². The van der Waals surface area contributed by atoms with Crippen LogP contribution in [0.3, 0.4) is 0 Å². The number of aromatic carboxylic acids is 1. The largest absolute Gasteiger partial charge is 0.487 e. The van der Waals surface area contributed by atoms with E-state index in [9.17, 15) is 18.3 Å². The van der Waals surface area contributed by atoms with Gasteiger partial charge in [-0.25, -0.2) is 18.2 Å². The van der Waals surface area contributed by atoms with Crippen LogP contribution in [0.1, 0.15) is 27.4 Å². The zero-order chi connectivity index (χ0) is 27.4. The van der Waals surface area contributed by atoms with Crippen LogP contribution in [0.5, 0.6) is 5.75 Å². The minimum Gasteiger partial charge on any atom is -0.487 e. The molecule has 39 heavy (non-hydrogen) atoms. The highest BCUT2D eigenvalue weighted by Crippen LogP contribution is 2.24. The molecule has 2 heterocycles. The van der Waals surface area contributed by atoms with E-state index in [1.54, 1.807) is 6.92 Å². The van der Waals surface area contributed by atoms with Crippen LogP contribution in [0, 0.1) is 6.92 Å². The van der Waals surface area contributed by atoms with Crippen molar-refractivity contribution in [1.29, 1.82) is 0 Å². The summed E-state index contributed by atoms with van der Waals surface area (Å²) < 4.78 is 41.2. The molecule has 0 aliphatic carbocycles. The van der Waals surface area contributed by atoms with E-state index in [4.69, 9.17) is 9.15 Å². The standard InChI is InChI=1S/C28H24N4O6S/c1-19-25(29-27(38-19)21-10-6-3-7-11-21)18-37-22-12-14-23(15-13-22)39(35,36)31-26-24(28(33)34)17-32(30-26)16-20-8-4-2-5-9-20/h2-15,17H,16,18H2,1H3,(H,30,31)(H,33,34). The first-order chi connectivity index (χ1) is 18.8. The maximum atomic E-state index is 13.0. The Kier molecular flexibility index (Phi) is 7.15. The fraction of sp³-hybridized carbons (Fsp3) is 0.107. The quantitative estimate of drug-likeness (QED) is 0.251. The molecule has 0 unspecified atom stereocenters. The summed E-state index contributed by atoms with van der Waals surface area (Å²) in [6.45, 7) is 2.21. The number of hydrogen-bond donors (Lipinski definition) is 2. The van der Waals surface area contributed by atoms with Crippen molar-refractivity contribution in [1.82, 2.24) is 14.8 Å². The molecule has 0 radical (unpaired) electrons. The van der Waals surface area contributed by atoms with Gasteiger partial charge >= 0.3 is 5.97 Å². The van der Waals surface area contributed by atoms with E-state index in [0.29, 0.717) is 23.1 Å². The first kappa shape index (κ1) is 25.7. The first-order valence-electron chi connectivity index (χ1n) is 11.9. The summed E-state index contributed by atoms with van der Waals surface area (Å²) in [5, 5.41) is 13.7. The normalized spacial score (nSPS) is 11.3. The minimum atomic E-state index is -4.12. The van der Waals surface area contributed by atoms with Crippen molar-refractivity contribution >= 4 is 21.8 Å². The lowest BCUT2D eigenvalue weighted by atomic mass is 10.2. The number of carboxylic acids is 1. The second kappa shape index (κ2) is 10.8. The second-order valence-corrected chi connectivity index (χ2v) is 10.3. The SMILES string of the molecule is Cc1oc(-c2ccccc2)nc1COc1ccc(S(=O)(=O)Nc2nn(Cc3ccccc3)cc2C(=O)O)cc1. The van der Waals surface area contributed by atoms with Gasteiger partial charge in [-0.05, 0) is 48.9 Å². The van der Waals surface area contributed by atoms with Gasteiger partial charge in [-0.1, -0.05) is 48.5 Å². The van der Waals surface area contributed by atoms with Crippen molar-refractivity contribution in [2.24, 2.45) is 0 Å². The predicted octanol–water partition coefficient (Wildman–Crippen LogP) is 4.97. The summed E-state index contributed by atoms with van der Waals surface area (Å²) in [6, 6.07) is 24.5. The number of rotatable bonds is 10. The summed E-state index contributed by atoms with van der Waals surface area (Å²) in [5.41, 5.74) is 2.11. The van der Waals surface area contributed by atoms with E-state index in [0.717, 1.165) is 11.1 Å². The monoisotopic (exact) mass is 544 g/mol. The Bertz CT molecular complexity index is 1700. The summed E-state index contributed by atoms with van der Waals surface area (Å²) >= 11 is 0. The van der Waals surface area contributed by atoms with Gasteiger partial charge in [-0.3, -0.25) is 9.40 Å². The smallest absolute Gasteiger partial charge is 0.341 e. The molecule has 0 amide bonds. The van der Waals surface area contributed by atoms with Crippen molar-refractivity contribution < 1.29 is 27.5 Å². The van der Waals surface area contributed by atoms with Gasteiger partial charge in [-0.15, -0.1) is 0 Å². The molecule has 10 nitrogen and oxygen atoms in total. The van der Waals surface area contributed by atoms with Gasteiger partial charge in [0.25, 0.3) is 10.0 Å². The number of hydrogen-bond acceptors (Lipinski definition) is 7. The van der Waals surface area contributed by atoms with Gasteiger partial charge in [0.1, 0.15) is 29.4 Å². The lowest BCUT2D eigenvalue weighted by Gasteiger charge is -2.08. The lowest BCUT2D eigenvalue weighted by Crippen LogP contribution is -2.15. The molecule has 0 bridgehead atoms. The number of aryl methyl sites for hydroxylation is 1. The predicted molar refractivity (Wildman–Crippen MR) is 143 cm³/mol. The van der Waals surface area contributed by atoms with Gasteiger partial charge < -0.3 is 14.3 Å². The third kappa shape index (κ3) is 5.99. The van der Waals surface area contributed by atoms with Gasteiger partial charge in [0.2, 0.25) is 5.89 Å². The van der Waals surface area contributed by atoms with Gasteiger partial charge in [0.15, 0.2) is 5.82 Å². The number of nitrogens with zero attached hydrogens (tertiary/aromatic N) is 3. The van der Waals surface area contributed by atoms with E-state index in [1.807, 2.05) is 60.7 Å². The van der Waals surface area contributed by atoms with Crippen LogP contribution in [0.2, 0.25) is 0 Å². The van der Waals surface area contributed by atoms with Crippen molar-refractivity contribution in [3.63, 3.8) is 0 Å². The van der Waals surface area contributed by atoms with E-state index < -0.39 is 16.0 Å². The van der Waals surface area contributed by atoms with Gasteiger partial charge in [0.05, 0.1) is 11.4 Å². The summed E-state index contributed by atoms with van der Waals surface area (Å²) in [6.07, 6.45) is 1.29. The second-order valence-electron chi connectivity index (χ2n) is 8.63. The number of benzene rings is 3. The minimum absolute atomic E-state index is 0.0761. The van der Waals surface area contributed by atoms with Crippen LogP contribution < -0.4 is 9.46 Å². The Morgan fingerprint density at radius 2 is 1.67 bits per heavy atom. The van der Waals surface area contributed by atoms with Crippen LogP contribution in [0.25, 0.3) is 11.5 Å². The zero-order valence-corrected chi connectivity index (χ0v) is 21.6. The molecule has 5 rings (SSSR count). The van der Waals surface area contributed by atoms with E-state index in [1.165, 1.54) is 35.1 Å². The Balaban J connectivity index is 1.27. The number of nitrogens with one attached hydrogen (secondary N) is 1. The molecule has 0 fully saturated rings. The van der Waals surface area contributed by atoms with E-state index in [-0.39, 0.29) is 29.4 Å². The number of oxazole rings is 1. The number of ether oxygens (including phenoxy) is 1. The van der Waals surface area contributed by atoms with Crippen molar-refractivity contribution in [3.05, 3.63) is 114 Å². The average Bonchev–Trinajstić information content (AvgIpc) is 3.51. The molecule has 0 atom stereocenters. The molecule has 2 aromatic heterocycles. The van der Waals surface area contributed by atoms with Crippen LogP contribution in [0.4, 0.5) is 5.82 Å². The van der Waals surface area contributed by atoms with Crippen molar-refractivity contribution in [2.45, 2.75) is 25.0 Å². The maximum Gasteiger partial charge on any atom is 0.341 e. The average molecular weight is 545 g/mol. The van der Waals surface area contributed by atoms with Gasteiger partial charge in [0, 0.05) is 11.8 Å². The Hall–Kier alpha value is -4.90. The molecule has 11 heteroatoms. The zero-order valence-electron chi connectivity index (χ0n) is 20.8.